The van der Waals surface area contributed by atoms with Crippen LogP contribution in [0.1, 0.15) is 25.3 Å². The van der Waals surface area contributed by atoms with Crippen LogP contribution in [0.2, 0.25) is 0 Å². The molecule has 34 heavy (non-hydrogen) atoms. The van der Waals surface area contributed by atoms with Crippen molar-refractivity contribution >= 4 is 23.2 Å². The lowest BCUT2D eigenvalue weighted by molar-refractivity contribution is -0.119. The second-order valence-corrected chi connectivity index (χ2v) is 7.41. The van der Waals surface area contributed by atoms with E-state index in [0.29, 0.717) is 29.5 Å². The highest BCUT2D eigenvalue weighted by Gasteiger charge is 2.16. The van der Waals surface area contributed by atoms with Gasteiger partial charge in [-0.1, -0.05) is 5.16 Å². The first-order valence-electron chi connectivity index (χ1n) is 10.5. The highest BCUT2D eigenvalue weighted by Crippen LogP contribution is 2.20. The standard InChI is InChI=1S/C23H23N7O4/c1-15(30-14-24-13-25-30)23(32)27-18-7-5-17(6-8-18)26-20(31)11-12-21-28-22(29-34-21)16-3-9-19(33-2)10-4-16/h3-10,13-15H,11-12H2,1-2H3,(H,26,31)(H,27,32). The van der Waals surface area contributed by atoms with Crippen LogP contribution in [0.5, 0.6) is 5.75 Å². The van der Waals surface area contributed by atoms with Gasteiger partial charge >= 0.3 is 0 Å². The van der Waals surface area contributed by atoms with Crippen LogP contribution < -0.4 is 15.4 Å². The van der Waals surface area contributed by atoms with Crippen molar-refractivity contribution in [3.05, 3.63) is 67.1 Å². The monoisotopic (exact) mass is 461 g/mol. The van der Waals surface area contributed by atoms with Gasteiger partial charge in [-0.15, -0.1) is 0 Å². The van der Waals surface area contributed by atoms with Gasteiger partial charge in [-0.25, -0.2) is 9.67 Å². The van der Waals surface area contributed by atoms with Gasteiger partial charge in [0.05, 0.1) is 7.11 Å². The summed E-state index contributed by atoms with van der Waals surface area (Å²) in [6, 6.07) is 13.6. The molecule has 0 aliphatic heterocycles. The summed E-state index contributed by atoms with van der Waals surface area (Å²) in [5.41, 5.74) is 2.01. The maximum Gasteiger partial charge on any atom is 0.249 e. The van der Waals surface area contributed by atoms with Gasteiger partial charge in [0.1, 0.15) is 24.4 Å². The highest BCUT2D eigenvalue weighted by atomic mass is 16.5. The molecule has 0 aliphatic rings. The van der Waals surface area contributed by atoms with Crippen LogP contribution >= 0.6 is 0 Å². The number of ether oxygens (including phenoxy) is 1. The molecule has 174 valence electrons. The van der Waals surface area contributed by atoms with E-state index in [2.05, 4.69) is 30.9 Å². The molecule has 0 spiro atoms. The third-order valence-corrected chi connectivity index (χ3v) is 5.03. The van der Waals surface area contributed by atoms with E-state index in [0.717, 1.165) is 11.3 Å². The summed E-state index contributed by atoms with van der Waals surface area (Å²) >= 11 is 0. The normalized spacial score (nSPS) is 11.6. The number of benzene rings is 2. The minimum absolute atomic E-state index is 0.179. The number of amides is 2. The van der Waals surface area contributed by atoms with E-state index >= 15 is 0 Å². The van der Waals surface area contributed by atoms with Crippen LogP contribution in [0.4, 0.5) is 11.4 Å². The number of rotatable bonds is 9. The van der Waals surface area contributed by atoms with Crippen molar-refractivity contribution in [2.24, 2.45) is 0 Å². The van der Waals surface area contributed by atoms with Crippen LogP contribution in [-0.4, -0.2) is 43.8 Å². The first-order valence-corrected chi connectivity index (χ1v) is 10.5. The molecule has 4 aromatic rings. The molecule has 1 atom stereocenters. The van der Waals surface area contributed by atoms with Gasteiger partial charge in [-0.2, -0.15) is 10.1 Å². The molecule has 11 nitrogen and oxygen atoms in total. The zero-order chi connectivity index (χ0) is 23.9. The molecule has 11 heteroatoms. The second-order valence-electron chi connectivity index (χ2n) is 7.41. The minimum atomic E-state index is -0.503. The van der Waals surface area contributed by atoms with Crippen molar-refractivity contribution in [1.82, 2.24) is 24.9 Å². The summed E-state index contributed by atoms with van der Waals surface area (Å²) < 4.78 is 11.9. The maximum absolute atomic E-state index is 12.3. The van der Waals surface area contributed by atoms with Gasteiger partial charge in [-0.05, 0) is 55.5 Å². The van der Waals surface area contributed by atoms with E-state index in [1.54, 1.807) is 38.3 Å². The lowest BCUT2D eigenvalue weighted by atomic mass is 10.2. The van der Waals surface area contributed by atoms with Crippen LogP contribution in [-0.2, 0) is 16.0 Å². The Morgan fingerprint density at radius 1 is 1.06 bits per heavy atom. The summed E-state index contributed by atoms with van der Waals surface area (Å²) in [4.78, 5) is 32.8. The van der Waals surface area contributed by atoms with Crippen molar-refractivity contribution in [3.8, 4) is 17.1 Å². The molecule has 0 radical (unpaired) electrons. The van der Waals surface area contributed by atoms with Gasteiger partial charge in [0.2, 0.25) is 23.5 Å². The third-order valence-electron chi connectivity index (χ3n) is 5.03. The van der Waals surface area contributed by atoms with Gasteiger partial charge in [0.25, 0.3) is 0 Å². The summed E-state index contributed by atoms with van der Waals surface area (Å²) in [5, 5.41) is 13.5. The molecule has 0 bridgehead atoms. The number of nitrogens with zero attached hydrogens (tertiary/aromatic N) is 5. The van der Waals surface area contributed by atoms with E-state index < -0.39 is 6.04 Å². The quantitative estimate of drug-likeness (QED) is 0.388. The fourth-order valence-corrected chi connectivity index (χ4v) is 3.08. The Balaban J connectivity index is 1.25. The van der Waals surface area contributed by atoms with Crippen LogP contribution in [0.15, 0.2) is 65.7 Å². The lowest BCUT2D eigenvalue weighted by Crippen LogP contribution is -2.24. The van der Waals surface area contributed by atoms with E-state index in [1.807, 2.05) is 24.3 Å². The Bertz CT molecular complexity index is 1240. The van der Waals surface area contributed by atoms with Crippen LogP contribution in [0.3, 0.4) is 0 Å². The Hall–Kier alpha value is -4.54. The Labute approximate surface area is 195 Å². The lowest BCUT2D eigenvalue weighted by Gasteiger charge is -2.12. The van der Waals surface area contributed by atoms with Gasteiger partial charge < -0.3 is 19.9 Å². The zero-order valence-electron chi connectivity index (χ0n) is 18.6. The maximum atomic E-state index is 12.3. The van der Waals surface area contributed by atoms with E-state index in [4.69, 9.17) is 9.26 Å². The highest BCUT2D eigenvalue weighted by molar-refractivity contribution is 5.94. The number of nitrogens with one attached hydrogen (secondary N) is 2. The average Bonchev–Trinajstić information content (AvgIpc) is 3.56. The molecule has 4 rings (SSSR count). The largest absolute Gasteiger partial charge is 0.497 e. The average molecular weight is 461 g/mol. The van der Waals surface area contributed by atoms with E-state index in [9.17, 15) is 9.59 Å². The second kappa shape index (κ2) is 10.4. The molecule has 0 fully saturated rings. The SMILES string of the molecule is COc1ccc(-c2noc(CCC(=O)Nc3ccc(NC(=O)C(C)n4cncn4)cc3)n2)cc1. The molecular formula is C23H23N7O4. The van der Waals surface area contributed by atoms with Crippen molar-refractivity contribution in [2.75, 3.05) is 17.7 Å². The first-order chi connectivity index (χ1) is 16.5. The fraction of sp³-hybridized carbons (Fsp3) is 0.217. The summed E-state index contributed by atoms with van der Waals surface area (Å²) in [6.45, 7) is 1.72. The molecule has 2 amide bonds. The molecule has 2 heterocycles. The summed E-state index contributed by atoms with van der Waals surface area (Å²) in [7, 11) is 1.60. The molecule has 2 N–H and O–H groups in total. The number of hydrogen-bond acceptors (Lipinski definition) is 8. The molecule has 0 saturated heterocycles. The first kappa shape index (κ1) is 22.6. The zero-order valence-corrected chi connectivity index (χ0v) is 18.6. The van der Waals surface area contributed by atoms with Crippen LogP contribution in [0, 0.1) is 0 Å². The third kappa shape index (κ3) is 5.63. The molecule has 1 unspecified atom stereocenters. The number of anilines is 2. The van der Waals surface area contributed by atoms with Gasteiger partial charge in [0.15, 0.2) is 0 Å². The van der Waals surface area contributed by atoms with E-state index in [1.165, 1.54) is 17.3 Å². The fourth-order valence-electron chi connectivity index (χ4n) is 3.08. The predicted octanol–water partition coefficient (Wildman–Crippen LogP) is 3.11. The Morgan fingerprint density at radius 3 is 2.41 bits per heavy atom. The van der Waals surface area contributed by atoms with Gasteiger partial charge in [-0.3, -0.25) is 9.59 Å². The number of carbonyl (C=O) groups excluding carboxylic acids is 2. The van der Waals surface area contributed by atoms with Crippen molar-refractivity contribution in [3.63, 3.8) is 0 Å². The molecule has 2 aromatic carbocycles. The number of hydrogen-bond donors (Lipinski definition) is 2. The summed E-state index contributed by atoms with van der Waals surface area (Å²) in [6.07, 6.45) is 3.35. The van der Waals surface area contributed by atoms with Crippen molar-refractivity contribution in [2.45, 2.75) is 25.8 Å². The smallest absolute Gasteiger partial charge is 0.249 e. The van der Waals surface area contributed by atoms with Crippen LogP contribution in [0.25, 0.3) is 11.4 Å². The molecular weight excluding hydrogens is 438 g/mol. The Kier molecular flexibility index (Phi) is 6.92. The number of carbonyl (C=O) groups is 2. The summed E-state index contributed by atoms with van der Waals surface area (Å²) in [5.74, 6) is 1.15. The topological polar surface area (TPSA) is 137 Å². The minimum Gasteiger partial charge on any atom is -0.497 e. The number of methoxy groups -OCH3 is 1. The molecule has 2 aromatic heterocycles. The molecule has 0 aliphatic carbocycles. The van der Waals surface area contributed by atoms with Gasteiger partial charge in [0, 0.05) is 29.8 Å². The van der Waals surface area contributed by atoms with E-state index in [-0.39, 0.29) is 18.2 Å². The predicted molar refractivity (Wildman–Crippen MR) is 123 cm³/mol. The van der Waals surface area contributed by atoms with Crippen molar-refractivity contribution in [1.29, 1.82) is 0 Å². The molecule has 0 saturated carbocycles. The van der Waals surface area contributed by atoms with Crippen molar-refractivity contribution < 1.29 is 18.8 Å². The number of aromatic nitrogens is 5. The Morgan fingerprint density at radius 2 is 1.76 bits per heavy atom. The number of aryl methyl sites for hydroxylation is 1.